The molecule has 0 aliphatic carbocycles. The Hall–Kier alpha value is -4.45. The average molecular weight is 522 g/mol. The topological polar surface area (TPSA) is 101 Å². The standard InChI is InChI=1S/C26H22F3N7O2/c1-38-22-7-3-16(14-31-22)15-2-5-20-18(12-15)24-23(25(37)32-20)33-34-36(24)17-4-6-21(19(13-17)26(27,28)29)35-10-8-30-9-11-35/h2-7,12-14,30H,8-11H2,1H3,(H,32,37). The van der Waals surface area contributed by atoms with E-state index < -0.39 is 17.3 Å². The second-order valence-corrected chi connectivity index (χ2v) is 8.94. The van der Waals surface area contributed by atoms with Gasteiger partial charge in [-0.05, 0) is 42.0 Å². The summed E-state index contributed by atoms with van der Waals surface area (Å²) < 4.78 is 49.0. The van der Waals surface area contributed by atoms with Gasteiger partial charge in [0, 0.05) is 55.1 Å². The van der Waals surface area contributed by atoms with Crippen LogP contribution in [0.5, 0.6) is 5.88 Å². The Morgan fingerprint density at radius 1 is 1.00 bits per heavy atom. The predicted molar refractivity (Wildman–Crippen MR) is 137 cm³/mol. The minimum Gasteiger partial charge on any atom is -0.481 e. The molecule has 0 unspecified atom stereocenters. The summed E-state index contributed by atoms with van der Waals surface area (Å²) in [6.07, 6.45) is -2.93. The molecule has 0 saturated carbocycles. The highest BCUT2D eigenvalue weighted by atomic mass is 19.4. The summed E-state index contributed by atoms with van der Waals surface area (Å²) in [5, 5.41) is 11.8. The third-order valence-electron chi connectivity index (χ3n) is 6.67. The predicted octanol–water partition coefficient (Wildman–Crippen LogP) is 3.76. The number of piperazine rings is 1. The molecule has 0 atom stereocenters. The van der Waals surface area contributed by atoms with Crippen LogP contribution < -0.4 is 20.5 Å². The lowest BCUT2D eigenvalue weighted by Gasteiger charge is -2.31. The first-order valence-corrected chi connectivity index (χ1v) is 11.9. The van der Waals surface area contributed by atoms with E-state index in [1.165, 1.54) is 17.9 Å². The van der Waals surface area contributed by atoms with Gasteiger partial charge in [0.15, 0.2) is 5.52 Å². The number of hydrogen-bond acceptors (Lipinski definition) is 7. The van der Waals surface area contributed by atoms with E-state index in [2.05, 4.69) is 25.6 Å². The van der Waals surface area contributed by atoms with Crippen molar-refractivity contribution < 1.29 is 17.9 Å². The number of halogens is 3. The van der Waals surface area contributed by atoms with E-state index >= 15 is 0 Å². The molecule has 1 aliphatic rings. The maximum Gasteiger partial charge on any atom is 0.418 e. The molecular weight excluding hydrogens is 499 g/mol. The zero-order valence-corrected chi connectivity index (χ0v) is 20.2. The van der Waals surface area contributed by atoms with Gasteiger partial charge in [0.2, 0.25) is 5.88 Å². The number of fused-ring (bicyclic) bond motifs is 3. The molecule has 0 spiro atoms. The first-order chi connectivity index (χ1) is 18.3. The molecule has 194 valence electrons. The number of aromatic nitrogens is 5. The number of H-pyrrole nitrogens is 1. The molecule has 3 aromatic heterocycles. The van der Waals surface area contributed by atoms with Gasteiger partial charge in [-0.3, -0.25) is 4.79 Å². The van der Waals surface area contributed by atoms with Crippen LogP contribution in [0.3, 0.4) is 0 Å². The highest BCUT2D eigenvalue weighted by Gasteiger charge is 2.36. The summed E-state index contributed by atoms with van der Waals surface area (Å²) in [6.45, 7) is 2.15. The molecule has 0 radical (unpaired) electrons. The van der Waals surface area contributed by atoms with Gasteiger partial charge < -0.3 is 19.9 Å². The smallest absolute Gasteiger partial charge is 0.418 e. The number of rotatable bonds is 4. The van der Waals surface area contributed by atoms with Crippen molar-refractivity contribution in [1.29, 1.82) is 0 Å². The summed E-state index contributed by atoms with van der Waals surface area (Å²) >= 11 is 0. The van der Waals surface area contributed by atoms with E-state index in [9.17, 15) is 18.0 Å². The SMILES string of the molecule is COc1ccc(-c2ccc3[nH]c(=O)c4nnn(-c5ccc(N6CCNCC6)c(C(F)(F)F)c5)c4c3c2)cn1. The fourth-order valence-corrected chi connectivity index (χ4v) is 4.80. The minimum atomic E-state index is -4.58. The van der Waals surface area contributed by atoms with E-state index in [1.54, 1.807) is 29.3 Å². The van der Waals surface area contributed by atoms with E-state index in [1.807, 2.05) is 18.2 Å². The van der Waals surface area contributed by atoms with Gasteiger partial charge in [-0.2, -0.15) is 13.2 Å². The quantitative estimate of drug-likeness (QED) is 0.372. The molecule has 1 saturated heterocycles. The van der Waals surface area contributed by atoms with Crippen LogP contribution >= 0.6 is 0 Å². The fourth-order valence-electron chi connectivity index (χ4n) is 4.80. The van der Waals surface area contributed by atoms with Crippen LogP contribution in [0.25, 0.3) is 38.8 Å². The molecule has 12 heteroatoms. The van der Waals surface area contributed by atoms with E-state index in [-0.39, 0.29) is 16.9 Å². The van der Waals surface area contributed by atoms with Crippen LogP contribution in [0, 0.1) is 0 Å². The molecule has 0 amide bonds. The van der Waals surface area contributed by atoms with Crippen LogP contribution in [0.1, 0.15) is 5.56 Å². The van der Waals surface area contributed by atoms with Gasteiger partial charge in [0.1, 0.15) is 5.52 Å². The van der Waals surface area contributed by atoms with Crippen molar-refractivity contribution in [3.63, 3.8) is 0 Å². The molecule has 4 heterocycles. The van der Waals surface area contributed by atoms with Crippen molar-refractivity contribution in [2.45, 2.75) is 6.18 Å². The minimum absolute atomic E-state index is 0.0299. The summed E-state index contributed by atoms with van der Waals surface area (Å²) in [5.74, 6) is 0.466. The fraction of sp³-hybridized carbons (Fsp3) is 0.231. The van der Waals surface area contributed by atoms with Crippen molar-refractivity contribution in [3.05, 3.63) is 70.6 Å². The van der Waals surface area contributed by atoms with Gasteiger partial charge in [-0.15, -0.1) is 5.10 Å². The average Bonchev–Trinajstić information content (AvgIpc) is 3.39. The summed E-state index contributed by atoms with van der Waals surface area (Å²) in [7, 11) is 1.53. The van der Waals surface area contributed by atoms with Gasteiger partial charge in [0.05, 0.1) is 23.9 Å². The number of nitrogens with zero attached hydrogens (tertiary/aromatic N) is 5. The van der Waals surface area contributed by atoms with Crippen LogP contribution in [-0.2, 0) is 6.18 Å². The molecule has 1 aliphatic heterocycles. The lowest BCUT2D eigenvalue weighted by molar-refractivity contribution is -0.137. The Bertz CT molecular complexity index is 1710. The molecule has 1 fully saturated rings. The highest BCUT2D eigenvalue weighted by Crippen LogP contribution is 2.38. The van der Waals surface area contributed by atoms with E-state index in [0.29, 0.717) is 48.5 Å². The number of nitrogens with one attached hydrogen (secondary N) is 2. The van der Waals surface area contributed by atoms with E-state index in [4.69, 9.17) is 4.74 Å². The highest BCUT2D eigenvalue weighted by molar-refractivity contribution is 6.04. The third kappa shape index (κ3) is 4.12. The number of pyridine rings is 2. The van der Waals surface area contributed by atoms with Gasteiger partial charge in [-0.1, -0.05) is 11.3 Å². The third-order valence-corrected chi connectivity index (χ3v) is 6.67. The zero-order chi connectivity index (χ0) is 26.4. The van der Waals surface area contributed by atoms with Crippen LogP contribution in [0.4, 0.5) is 18.9 Å². The molecule has 2 N–H and O–H groups in total. The molecule has 6 rings (SSSR count). The normalized spacial score (nSPS) is 14.4. The van der Waals surface area contributed by atoms with Crippen molar-refractivity contribution in [2.75, 3.05) is 38.2 Å². The first-order valence-electron chi connectivity index (χ1n) is 11.9. The lowest BCUT2D eigenvalue weighted by atomic mass is 10.0. The van der Waals surface area contributed by atoms with E-state index in [0.717, 1.165) is 17.2 Å². The Balaban J connectivity index is 1.54. The monoisotopic (exact) mass is 521 g/mol. The molecule has 5 aromatic rings. The first kappa shape index (κ1) is 23.9. The molecular formula is C26H22F3N7O2. The van der Waals surface area contributed by atoms with Crippen molar-refractivity contribution in [3.8, 4) is 22.7 Å². The Morgan fingerprint density at radius 3 is 2.50 bits per heavy atom. The molecule has 2 aromatic carbocycles. The maximum atomic E-state index is 14.2. The Labute approximate surface area is 213 Å². The van der Waals surface area contributed by atoms with Crippen LogP contribution in [0.15, 0.2) is 59.5 Å². The van der Waals surface area contributed by atoms with Gasteiger partial charge in [-0.25, -0.2) is 9.67 Å². The zero-order valence-electron chi connectivity index (χ0n) is 20.2. The largest absolute Gasteiger partial charge is 0.481 e. The molecule has 9 nitrogen and oxygen atoms in total. The summed E-state index contributed by atoms with van der Waals surface area (Å²) in [4.78, 5) is 21.5. The maximum absolute atomic E-state index is 14.2. The van der Waals surface area contributed by atoms with Gasteiger partial charge in [0.25, 0.3) is 5.56 Å². The number of methoxy groups -OCH3 is 1. The van der Waals surface area contributed by atoms with Crippen molar-refractivity contribution in [1.82, 2.24) is 30.3 Å². The molecule has 38 heavy (non-hydrogen) atoms. The number of ether oxygens (including phenoxy) is 1. The second-order valence-electron chi connectivity index (χ2n) is 8.94. The summed E-state index contributed by atoms with van der Waals surface area (Å²) in [5.41, 5.74) is 1.46. The Kier molecular flexibility index (Phi) is 5.75. The number of hydrogen-bond donors (Lipinski definition) is 2. The molecule has 0 bridgehead atoms. The number of aromatic amines is 1. The van der Waals surface area contributed by atoms with Gasteiger partial charge >= 0.3 is 6.18 Å². The lowest BCUT2D eigenvalue weighted by Crippen LogP contribution is -2.44. The number of benzene rings is 2. The number of alkyl halides is 3. The summed E-state index contributed by atoms with van der Waals surface area (Å²) in [6, 6.07) is 13.1. The van der Waals surface area contributed by atoms with Crippen molar-refractivity contribution >= 4 is 27.6 Å². The number of anilines is 1. The van der Waals surface area contributed by atoms with Crippen LogP contribution in [-0.4, -0.2) is 58.3 Å². The second kappa shape index (κ2) is 9.14. The Morgan fingerprint density at radius 2 is 1.79 bits per heavy atom. The van der Waals surface area contributed by atoms with Crippen molar-refractivity contribution in [2.24, 2.45) is 0 Å². The van der Waals surface area contributed by atoms with Crippen LogP contribution in [0.2, 0.25) is 0 Å².